The third kappa shape index (κ3) is 3.76. The van der Waals surface area contributed by atoms with Gasteiger partial charge >= 0.3 is 5.97 Å². The smallest absolute Gasteiger partial charge is 0.328 e. The summed E-state index contributed by atoms with van der Waals surface area (Å²) in [6.07, 6.45) is 2.09. The molecule has 0 amide bonds. The van der Waals surface area contributed by atoms with E-state index in [0.717, 1.165) is 18.2 Å². The first-order valence-corrected chi connectivity index (χ1v) is 4.07. The van der Waals surface area contributed by atoms with Crippen molar-refractivity contribution in [1.29, 1.82) is 0 Å². The van der Waals surface area contributed by atoms with Crippen molar-refractivity contribution >= 4 is 5.97 Å². The highest BCUT2D eigenvalue weighted by molar-refractivity contribution is 5.79. The van der Waals surface area contributed by atoms with Gasteiger partial charge in [0, 0.05) is 12.1 Å². The zero-order valence-corrected chi connectivity index (χ0v) is 7.61. The van der Waals surface area contributed by atoms with Crippen molar-refractivity contribution in [1.82, 2.24) is 0 Å². The van der Waals surface area contributed by atoms with Crippen LogP contribution in [0.1, 0.15) is 0 Å². The number of aliphatic carboxylic acids is 1. The number of rotatable bonds is 4. The van der Waals surface area contributed by atoms with Crippen LogP contribution < -0.4 is 4.74 Å². The zero-order chi connectivity index (χ0) is 11.3. The molecule has 5 heteroatoms. The van der Waals surface area contributed by atoms with E-state index in [9.17, 15) is 13.6 Å². The van der Waals surface area contributed by atoms with E-state index in [0.29, 0.717) is 6.07 Å². The number of ether oxygens (including phenoxy) is 1. The minimum Gasteiger partial charge on any atom is -0.486 e. The molecular weight excluding hydrogens is 206 g/mol. The van der Waals surface area contributed by atoms with Crippen molar-refractivity contribution in [2.24, 2.45) is 0 Å². The molecule has 0 radical (unpaired) electrons. The average Bonchev–Trinajstić information content (AvgIpc) is 2.14. The quantitative estimate of drug-likeness (QED) is 0.779. The second-order valence-corrected chi connectivity index (χ2v) is 2.63. The normalized spacial score (nSPS) is 10.5. The molecule has 0 aliphatic carbocycles. The van der Waals surface area contributed by atoms with Gasteiger partial charge in [-0.15, -0.1) is 0 Å². The van der Waals surface area contributed by atoms with Crippen LogP contribution in [0.5, 0.6) is 5.75 Å². The monoisotopic (exact) mass is 214 g/mol. The molecule has 0 saturated carbocycles. The van der Waals surface area contributed by atoms with Gasteiger partial charge in [0.1, 0.15) is 12.4 Å². The van der Waals surface area contributed by atoms with Gasteiger partial charge in [0.15, 0.2) is 11.6 Å². The van der Waals surface area contributed by atoms with Gasteiger partial charge in [-0.25, -0.2) is 13.6 Å². The number of carboxylic acid groups (broad SMARTS) is 1. The lowest BCUT2D eigenvalue weighted by atomic mass is 10.3. The number of carbonyl (C=O) groups is 1. The van der Waals surface area contributed by atoms with Gasteiger partial charge in [0.25, 0.3) is 0 Å². The number of halogens is 2. The van der Waals surface area contributed by atoms with Crippen molar-refractivity contribution in [3.05, 3.63) is 42.0 Å². The molecule has 0 bridgehead atoms. The van der Waals surface area contributed by atoms with E-state index in [-0.39, 0.29) is 12.4 Å². The predicted molar refractivity (Wildman–Crippen MR) is 48.6 cm³/mol. The third-order valence-electron chi connectivity index (χ3n) is 1.49. The van der Waals surface area contributed by atoms with Crippen molar-refractivity contribution in [3.63, 3.8) is 0 Å². The van der Waals surface area contributed by atoms with E-state index in [1.807, 2.05) is 0 Å². The lowest BCUT2D eigenvalue weighted by molar-refractivity contribution is -0.131. The minimum atomic E-state index is -1.11. The van der Waals surface area contributed by atoms with E-state index in [1.165, 1.54) is 6.08 Å². The van der Waals surface area contributed by atoms with Gasteiger partial charge in [-0.3, -0.25) is 0 Å². The van der Waals surface area contributed by atoms with Gasteiger partial charge < -0.3 is 9.84 Å². The van der Waals surface area contributed by atoms with Gasteiger partial charge in [0.2, 0.25) is 0 Å². The van der Waals surface area contributed by atoms with E-state index in [2.05, 4.69) is 0 Å². The molecule has 0 spiro atoms. The Morgan fingerprint density at radius 1 is 1.47 bits per heavy atom. The molecule has 15 heavy (non-hydrogen) atoms. The van der Waals surface area contributed by atoms with Crippen LogP contribution in [-0.2, 0) is 4.79 Å². The van der Waals surface area contributed by atoms with Crippen LogP contribution in [0, 0.1) is 11.6 Å². The molecule has 0 aliphatic rings. The third-order valence-corrected chi connectivity index (χ3v) is 1.49. The maximum atomic E-state index is 12.9. The van der Waals surface area contributed by atoms with Crippen molar-refractivity contribution in [2.75, 3.05) is 6.61 Å². The summed E-state index contributed by atoms with van der Waals surface area (Å²) in [4.78, 5) is 10.1. The Balaban J connectivity index is 2.54. The first-order valence-electron chi connectivity index (χ1n) is 4.07. The van der Waals surface area contributed by atoms with E-state index >= 15 is 0 Å². The van der Waals surface area contributed by atoms with Gasteiger partial charge in [0.05, 0.1) is 0 Å². The summed E-state index contributed by atoms with van der Waals surface area (Å²) in [5.41, 5.74) is 0. The van der Waals surface area contributed by atoms with Crippen LogP contribution in [0.15, 0.2) is 30.4 Å². The highest BCUT2D eigenvalue weighted by atomic mass is 19.1. The zero-order valence-electron chi connectivity index (χ0n) is 7.61. The molecular formula is C10H8F2O3. The highest BCUT2D eigenvalue weighted by Gasteiger charge is 2.03. The lowest BCUT2D eigenvalue weighted by Gasteiger charge is -2.03. The number of benzene rings is 1. The summed E-state index contributed by atoms with van der Waals surface area (Å²) in [5.74, 6) is -2.75. The Morgan fingerprint density at radius 2 is 2.20 bits per heavy atom. The van der Waals surface area contributed by atoms with Crippen LogP contribution in [0.25, 0.3) is 0 Å². The minimum absolute atomic E-state index is 0.0884. The van der Waals surface area contributed by atoms with E-state index < -0.39 is 17.6 Å². The molecule has 1 N–H and O–H groups in total. The first-order chi connectivity index (χ1) is 7.09. The molecule has 0 aliphatic heterocycles. The fourth-order valence-electron chi connectivity index (χ4n) is 0.879. The maximum absolute atomic E-state index is 12.9. The summed E-state index contributed by atoms with van der Waals surface area (Å²) in [6.45, 7) is -0.0884. The standard InChI is InChI=1S/C10H8F2O3/c11-7-3-4-9(8(12)6-7)15-5-1-2-10(13)14/h1-4,6H,5H2,(H,13,14)/b2-1+. The Bertz CT molecular complexity index is 388. The molecule has 80 valence electrons. The Hall–Kier alpha value is -1.91. The molecule has 0 heterocycles. The Morgan fingerprint density at radius 3 is 2.80 bits per heavy atom. The van der Waals surface area contributed by atoms with Crippen LogP contribution >= 0.6 is 0 Å². The number of hydrogen-bond acceptors (Lipinski definition) is 2. The molecule has 0 aromatic heterocycles. The van der Waals surface area contributed by atoms with Crippen molar-refractivity contribution in [2.45, 2.75) is 0 Å². The molecule has 1 aromatic carbocycles. The second kappa shape index (κ2) is 5.09. The van der Waals surface area contributed by atoms with Gasteiger partial charge in [-0.05, 0) is 18.2 Å². The van der Waals surface area contributed by atoms with Crippen LogP contribution in [0.4, 0.5) is 8.78 Å². The number of carboxylic acids is 1. The first kappa shape index (κ1) is 11.2. The lowest BCUT2D eigenvalue weighted by Crippen LogP contribution is -1.97. The topological polar surface area (TPSA) is 46.5 Å². The predicted octanol–water partition coefficient (Wildman–Crippen LogP) is 1.98. The van der Waals surface area contributed by atoms with Gasteiger partial charge in [-0.2, -0.15) is 0 Å². The Kier molecular flexibility index (Phi) is 3.79. The average molecular weight is 214 g/mol. The Labute approximate surface area is 84.6 Å². The van der Waals surface area contributed by atoms with Crippen LogP contribution in [0.3, 0.4) is 0 Å². The van der Waals surface area contributed by atoms with Crippen molar-refractivity contribution in [3.8, 4) is 5.75 Å². The molecule has 1 aromatic rings. The van der Waals surface area contributed by atoms with E-state index in [1.54, 1.807) is 0 Å². The maximum Gasteiger partial charge on any atom is 0.328 e. The summed E-state index contributed by atoms with van der Waals surface area (Å²) in [5, 5.41) is 8.24. The molecule has 0 fully saturated rings. The van der Waals surface area contributed by atoms with E-state index in [4.69, 9.17) is 9.84 Å². The molecule has 0 unspecified atom stereocenters. The summed E-state index contributed by atoms with van der Waals surface area (Å²) >= 11 is 0. The second-order valence-electron chi connectivity index (χ2n) is 2.63. The fraction of sp³-hybridized carbons (Fsp3) is 0.100. The summed E-state index contributed by atoms with van der Waals surface area (Å²) in [7, 11) is 0. The van der Waals surface area contributed by atoms with Crippen molar-refractivity contribution < 1.29 is 23.4 Å². The SMILES string of the molecule is O=C(O)/C=C/COc1ccc(F)cc1F. The summed E-state index contributed by atoms with van der Waals surface area (Å²) in [6, 6.07) is 2.88. The van der Waals surface area contributed by atoms with Crippen LogP contribution in [-0.4, -0.2) is 17.7 Å². The molecule has 1 rings (SSSR count). The number of hydrogen-bond donors (Lipinski definition) is 1. The molecule has 3 nitrogen and oxygen atoms in total. The largest absolute Gasteiger partial charge is 0.486 e. The molecule has 0 saturated heterocycles. The summed E-state index contributed by atoms with van der Waals surface area (Å²) < 4.78 is 30.2. The van der Waals surface area contributed by atoms with Gasteiger partial charge in [-0.1, -0.05) is 0 Å². The fourth-order valence-corrected chi connectivity index (χ4v) is 0.879. The molecule has 0 atom stereocenters. The highest BCUT2D eigenvalue weighted by Crippen LogP contribution is 2.17. The van der Waals surface area contributed by atoms with Crippen LogP contribution in [0.2, 0.25) is 0 Å².